The molecule has 0 saturated carbocycles. The second-order valence-corrected chi connectivity index (χ2v) is 4.28. The standard InChI is InChI=1S/C10H17N3O/c1-5-11-9(14)7-6-8(13-12-7)10(2,3)4/h6H,5H2,1-4H3,(H,11,14)(H,12,13). The predicted octanol–water partition coefficient (Wildman–Crippen LogP) is 1.46. The third-order valence-corrected chi connectivity index (χ3v) is 1.96. The Kier molecular flexibility index (Phi) is 2.93. The van der Waals surface area contributed by atoms with E-state index in [2.05, 4.69) is 36.3 Å². The number of amides is 1. The molecule has 4 nitrogen and oxygen atoms in total. The Morgan fingerprint density at radius 1 is 1.57 bits per heavy atom. The van der Waals surface area contributed by atoms with Crippen LogP contribution in [0.4, 0.5) is 0 Å². The molecule has 1 amide bonds. The number of hydrogen-bond donors (Lipinski definition) is 2. The molecule has 0 aliphatic carbocycles. The number of rotatable bonds is 2. The van der Waals surface area contributed by atoms with Gasteiger partial charge < -0.3 is 5.32 Å². The summed E-state index contributed by atoms with van der Waals surface area (Å²) < 4.78 is 0. The Morgan fingerprint density at radius 2 is 2.21 bits per heavy atom. The number of nitrogens with zero attached hydrogens (tertiary/aromatic N) is 1. The van der Waals surface area contributed by atoms with Crippen LogP contribution < -0.4 is 5.32 Å². The van der Waals surface area contributed by atoms with Crippen LogP contribution >= 0.6 is 0 Å². The van der Waals surface area contributed by atoms with E-state index in [1.165, 1.54) is 0 Å². The molecule has 0 atom stereocenters. The van der Waals surface area contributed by atoms with E-state index >= 15 is 0 Å². The molecule has 1 aromatic heterocycles. The van der Waals surface area contributed by atoms with Crippen molar-refractivity contribution in [3.63, 3.8) is 0 Å². The van der Waals surface area contributed by atoms with E-state index in [1.54, 1.807) is 6.07 Å². The lowest BCUT2D eigenvalue weighted by Gasteiger charge is -2.14. The highest BCUT2D eigenvalue weighted by molar-refractivity contribution is 5.92. The monoisotopic (exact) mass is 195 g/mol. The summed E-state index contributed by atoms with van der Waals surface area (Å²) in [6.07, 6.45) is 0. The maximum Gasteiger partial charge on any atom is 0.271 e. The van der Waals surface area contributed by atoms with Gasteiger partial charge in [-0.25, -0.2) is 0 Å². The first kappa shape index (κ1) is 10.8. The molecule has 0 fully saturated rings. The zero-order chi connectivity index (χ0) is 10.8. The summed E-state index contributed by atoms with van der Waals surface area (Å²) in [4.78, 5) is 11.4. The maximum absolute atomic E-state index is 11.4. The maximum atomic E-state index is 11.4. The summed E-state index contributed by atoms with van der Waals surface area (Å²) >= 11 is 0. The molecule has 0 aliphatic rings. The number of hydrogen-bond acceptors (Lipinski definition) is 2. The van der Waals surface area contributed by atoms with E-state index in [-0.39, 0.29) is 11.3 Å². The Hall–Kier alpha value is -1.32. The Bertz CT molecular complexity index is 322. The summed E-state index contributed by atoms with van der Waals surface area (Å²) in [5.74, 6) is -0.126. The average molecular weight is 195 g/mol. The van der Waals surface area contributed by atoms with Crippen molar-refractivity contribution in [3.8, 4) is 0 Å². The summed E-state index contributed by atoms with van der Waals surface area (Å²) in [7, 11) is 0. The van der Waals surface area contributed by atoms with E-state index in [9.17, 15) is 4.79 Å². The van der Waals surface area contributed by atoms with Gasteiger partial charge in [0.15, 0.2) is 0 Å². The van der Waals surface area contributed by atoms with Crippen molar-refractivity contribution in [2.75, 3.05) is 6.54 Å². The molecular weight excluding hydrogens is 178 g/mol. The van der Waals surface area contributed by atoms with Crippen LogP contribution in [0.2, 0.25) is 0 Å². The highest BCUT2D eigenvalue weighted by Crippen LogP contribution is 2.19. The van der Waals surface area contributed by atoms with Crippen LogP contribution in [-0.4, -0.2) is 22.6 Å². The molecule has 14 heavy (non-hydrogen) atoms. The predicted molar refractivity (Wildman–Crippen MR) is 55.3 cm³/mol. The summed E-state index contributed by atoms with van der Waals surface area (Å²) in [6, 6.07) is 1.80. The van der Waals surface area contributed by atoms with Gasteiger partial charge in [-0.1, -0.05) is 20.8 Å². The van der Waals surface area contributed by atoms with Gasteiger partial charge in [0.05, 0.1) is 0 Å². The second-order valence-electron chi connectivity index (χ2n) is 4.28. The first-order valence-corrected chi connectivity index (χ1v) is 4.79. The first-order chi connectivity index (χ1) is 6.45. The zero-order valence-electron chi connectivity index (χ0n) is 9.14. The van der Waals surface area contributed by atoms with Gasteiger partial charge in [-0.2, -0.15) is 5.10 Å². The van der Waals surface area contributed by atoms with Crippen molar-refractivity contribution in [1.29, 1.82) is 0 Å². The normalized spacial score (nSPS) is 11.4. The topological polar surface area (TPSA) is 57.8 Å². The molecule has 1 heterocycles. The van der Waals surface area contributed by atoms with Crippen molar-refractivity contribution < 1.29 is 4.79 Å². The number of aromatic nitrogens is 2. The summed E-state index contributed by atoms with van der Waals surface area (Å²) in [5, 5.41) is 9.54. The van der Waals surface area contributed by atoms with Gasteiger partial charge in [0.1, 0.15) is 5.69 Å². The van der Waals surface area contributed by atoms with Crippen LogP contribution in [-0.2, 0) is 5.41 Å². The van der Waals surface area contributed by atoms with Gasteiger partial charge in [-0.05, 0) is 13.0 Å². The van der Waals surface area contributed by atoms with E-state index in [0.717, 1.165) is 5.69 Å². The lowest BCUT2D eigenvalue weighted by atomic mass is 9.92. The number of carbonyl (C=O) groups excluding carboxylic acids is 1. The van der Waals surface area contributed by atoms with Crippen LogP contribution in [0.5, 0.6) is 0 Å². The van der Waals surface area contributed by atoms with E-state index in [4.69, 9.17) is 0 Å². The Balaban J connectivity index is 2.83. The van der Waals surface area contributed by atoms with Gasteiger partial charge in [-0.3, -0.25) is 9.89 Å². The van der Waals surface area contributed by atoms with Crippen LogP contribution in [0.25, 0.3) is 0 Å². The Labute approximate surface area is 84.1 Å². The van der Waals surface area contributed by atoms with Crippen molar-refractivity contribution in [3.05, 3.63) is 17.5 Å². The number of nitrogens with one attached hydrogen (secondary N) is 2. The highest BCUT2D eigenvalue weighted by Gasteiger charge is 2.18. The summed E-state index contributed by atoms with van der Waals surface area (Å²) in [6.45, 7) is 8.72. The number of H-pyrrole nitrogens is 1. The van der Waals surface area contributed by atoms with Gasteiger partial charge in [0, 0.05) is 17.7 Å². The minimum atomic E-state index is -0.126. The minimum Gasteiger partial charge on any atom is -0.351 e. The molecule has 1 aromatic rings. The molecule has 0 aliphatic heterocycles. The Morgan fingerprint density at radius 3 is 2.64 bits per heavy atom. The zero-order valence-corrected chi connectivity index (χ0v) is 9.14. The fraction of sp³-hybridized carbons (Fsp3) is 0.600. The molecule has 78 valence electrons. The first-order valence-electron chi connectivity index (χ1n) is 4.79. The van der Waals surface area contributed by atoms with Crippen molar-refractivity contribution in [2.24, 2.45) is 0 Å². The molecular formula is C10H17N3O. The fourth-order valence-corrected chi connectivity index (χ4v) is 1.07. The lowest BCUT2D eigenvalue weighted by Crippen LogP contribution is -2.22. The molecule has 0 bridgehead atoms. The van der Waals surface area contributed by atoms with Crippen LogP contribution in [0.3, 0.4) is 0 Å². The van der Waals surface area contributed by atoms with Crippen molar-refractivity contribution in [1.82, 2.24) is 15.5 Å². The molecule has 0 radical (unpaired) electrons. The molecule has 4 heteroatoms. The number of carbonyl (C=O) groups is 1. The second kappa shape index (κ2) is 3.82. The van der Waals surface area contributed by atoms with Gasteiger partial charge in [-0.15, -0.1) is 0 Å². The molecule has 0 spiro atoms. The van der Waals surface area contributed by atoms with Crippen LogP contribution in [0, 0.1) is 0 Å². The molecule has 0 saturated heterocycles. The lowest BCUT2D eigenvalue weighted by molar-refractivity contribution is 0.0951. The van der Waals surface area contributed by atoms with E-state index < -0.39 is 0 Å². The molecule has 2 N–H and O–H groups in total. The SMILES string of the molecule is CCNC(=O)c1cc(C(C)(C)C)[nH]n1. The largest absolute Gasteiger partial charge is 0.351 e. The molecule has 0 aromatic carbocycles. The number of aromatic amines is 1. The third kappa shape index (κ3) is 2.34. The smallest absolute Gasteiger partial charge is 0.271 e. The highest BCUT2D eigenvalue weighted by atomic mass is 16.1. The molecule has 0 unspecified atom stereocenters. The van der Waals surface area contributed by atoms with Gasteiger partial charge in [0.2, 0.25) is 0 Å². The fourth-order valence-electron chi connectivity index (χ4n) is 1.07. The van der Waals surface area contributed by atoms with Gasteiger partial charge >= 0.3 is 0 Å². The van der Waals surface area contributed by atoms with Crippen molar-refractivity contribution in [2.45, 2.75) is 33.1 Å². The van der Waals surface area contributed by atoms with Crippen molar-refractivity contribution >= 4 is 5.91 Å². The van der Waals surface area contributed by atoms with Crippen LogP contribution in [0.15, 0.2) is 6.07 Å². The molecule has 1 rings (SSSR count). The minimum absolute atomic E-state index is 0.00224. The van der Waals surface area contributed by atoms with E-state index in [1.807, 2.05) is 6.92 Å². The summed E-state index contributed by atoms with van der Waals surface area (Å²) in [5.41, 5.74) is 1.42. The quantitative estimate of drug-likeness (QED) is 0.750. The average Bonchev–Trinajstić information content (AvgIpc) is 2.51. The third-order valence-electron chi connectivity index (χ3n) is 1.96. The van der Waals surface area contributed by atoms with E-state index in [0.29, 0.717) is 12.2 Å². The van der Waals surface area contributed by atoms with Gasteiger partial charge in [0.25, 0.3) is 5.91 Å². The van der Waals surface area contributed by atoms with Crippen LogP contribution in [0.1, 0.15) is 43.9 Å².